The summed E-state index contributed by atoms with van der Waals surface area (Å²) in [6, 6.07) is 7.59. The molecule has 0 fully saturated rings. The molecule has 0 bridgehead atoms. The molecule has 1 amide bonds. The van der Waals surface area contributed by atoms with Crippen molar-refractivity contribution in [3.8, 4) is 11.5 Å². The Bertz CT molecular complexity index is 478. The third-order valence-electron chi connectivity index (χ3n) is 3.72. The first-order valence-corrected chi connectivity index (χ1v) is 7.42. The van der Waals surface area contributed by atoms with E-state index in [0.717, 1.165) is 17.9 Å². The van der Waals surface area contributed by atoms with Crippen LogP contribution in [0.3, 0.4) is 0 Å². The molecule has 1 aliphatic heterocycles. The summed E-state index contributed by atoms with van der Waals surface area (Å²) < 4.78 is 11.5. The van der Waals surface area contributed by atoms with Gasteiger partial charge in [0.05, 0.1) is 6.54 Å². The first-order chi connectivity index (χ1) is 10.1. The Labute approximate surface area is 126 Å². The second-order valence-electron chi connectivity index (χ2n) is 5.65. The molecule has 2 atom stereocenters. The van der Waals surface area contributed by atoms with Crippen molar-refractivity contribution in [2.24, 2.45) is 11.7 Å². The lowest BCUT2D eigenvalue weighted by Gasteiger charge is -2.29. The summed E-state index contributed by atoms with van der Waals surface area (Å²) >= 11 is 0. The van der Waals surface area contributed by atoms with Crippen molar-refractivity contribution in [3.63, 3.8) is 0 Å². The van der Waals surface area contributed by atoms with Crippen molar-refractivity contribution in [2.75, 3.05) is 26.7 Å². The number of carbonyl (C=O) groups is 1. The molecule has 0 saturated heterocycles. The maximum absolute atomic E-state index is 12.1. The normalized spacial score (nSPS) is 18.1. The quantitative estimate of drug-likeness (QED) is 0.866. The number of nitrogens with zero attached hydrogens (tertiary/aromatic N) is 1. The number of likely N-dealkylation sites (N-methyl/N-ethyl adjacent to an activating group) is 1. The zero-order valence-electron chi connectivity index (χ0n) is 12.7. The van der Waals surface area contributed by atoms with Crippen LogP contribution in [0.25, 0.3) is 0 Å². The smallest absolute Gasteiger partial charge is 0.222 e. The molecule has 1 heterocycles. The molecule has 116 valence electrons. The Balaban J connectivity index is 1.81. The number of carbonyl (C=O) groups excluding carboxylic acids is 1. The third kappa shape index (κ3) is 4.36. The number of para-hydroxylation sites is 2. The lowest BCUT2D eigenvalue weighted by molar-refractivity contribution is -0.131. The molecule has 0 aromatic heterocycles. The number of nitrogens with two attached hydrogens (primary N) is 1. The van der Waals surface area contributed by atoms with Crippen LogP contribution in [0.15, 0.2) is 24.3 Å². The average molecular weight is 292 g/mol. The lowest BCUT2D eigenvalue weighted by Crippen LogP contribution is -2.41. The minimum absolute atomic E-state index is 0.123. The fraction of sp³-hybridized carbons (Fsp3) is 0.562. The lowest BCUT2D eigenvalue weighted by atomic mass is 10.1. The van der Waals surface area contributed by atoms with Crippen molar-refractivity contribution in [3.05, 3.63) is 24.3 Å². The highest BCUT2D eigenvalue weighted by Crippen LogP contribution is 2.30. The molecule has 2 unspecified atom stereocenters. The van der Waals surface area contributed by atoms with E-state index in [4.69, 9.17) is 15.2 Å². The van der Waals surface area contributed by atoms with E-state index in [1.807, 2.05) is 24.3 Å². The molecule has 21 heavy (non-hydrogen) atoms. The van der Waals surface area contributed by atoms with E-state index in [0.29, 0.717) is 32.0 Å². The molecule has 1 aromatic rings. The average Bonchev–Trinajstić information content (AvgIpc) is 2.51. The van der Waals surface area contributed by atoms with Crippen molar-refractivity contribution < 1.29 is 14.3 Å². The molecule has 5 heteroatoms. The van der Waals surface area contributed by atoms with Crippen LogP contribution in [0.1, 0.15) is 19.8 Å². The largest absolute Gasteiger partial charge is 0.486 e. The number of hydrogen-bond donors (Lipinski definition) is 1. The second-order valence-corrected chi connectivity index (χ2v) is 5.65. The van der Waals surface area contributed by atoms with Crippen LogP contribution in [0, 0.1) is 5.92 Å². The highest BCUT2D eigenvalue weighted by atomic mass is 16.6. The molecule has 0 spiro atoms. The van der Waals surface area contributed by atoms with Gasteiger partial charge >= 0.3 is 0 Å². The van der Waals surface area contributed by atoms with Gasteiger partial charge in [-0.1, -0.05) is 19.1 Å². The van der Waals surface area contributed by atoms with E-state index in [1.165, 1.54) is 0 Å². The van der Waals surface area contributed by atoms with Gasteiger partial charge in [0.1, 0.15) is 6.61 Å². The zero-order valence-corrected chi connectivity index (χ0v) is 12.7. The van der Waals surface area contributed by atoms with Gasteiger partial charge in [-0.15, -0.1) is 0 Å². The highest BCUT2D eigenvalue weighted by Gasteiger charge is 2.23. The van der Waals surface area contributed by atoms with Crippen LogP contribution in [0.2, 0.25) is 0 Å². The minimum atomic E-state index is -0.124. The summed E-state index contributed by atoms with van der Waals surface area (Å²) in [5, 5.41) is 0. The molecular weight excluding hydrogens is 268 g/mol. The number of benzene rings is 1. The summed E-state index contributed by atoms with van der Waals surface area (Å²) in [6.07, 6.45) is 1.23. The molecular formula is C16H24N2O3. The molecule has 2 rings (SSSR count). The topological polar surface area (TPSA) is 64.8 Å². The molecule has 0 aliphatic carbocycles. The fourth-order valence-electron chi connectivity index (χ4n) is 2.24. The summed E-state index contributed by atoms with van der Waals surface area (Å²) in [4.78, 5) is 13.8. The Morgan fingerprint density at radius 3 is 2.86 bits per heavy atom. The van der Waals surface area contributed by atoms with Crippen LogP contribution in [0.4, 0.5) is 0 Å². The van der Waals surface area contributed by atoms with Gasteiger partial charge in [0.2, 0.25) is 5.91 Å². The Morgan fingerprint density at radius 2 is 2.14 bits per heavy atom. The van der Waals surface area contributed by atoms with Crippen molar-refractivity contribution in [1.82, 2.24) is 4.90 Å². The molecule has 0 saturated carbocycles. The Hall–Kier alpha value is -1.75. The third-order valence-corrected chi connectivity index (χ3v) is 3.72. The van der Waals surface area contributed by atoms with Gasteiger partial charge in [-0.2, -0.15) is 0 Å². The van der Waals surface area contributed by atoms with Crippen LogP contribution in [-0.2, 0) is 4.79 Å². The van der Waals surface area contributed by atoms with E-state index < -0.39 is 0 Å². The van der Waals surface area contributed by atoms with Crippen LogP contribution >= 0.6 is 0 Å². The van der Waals surface area contributed by atoms with Crippen LogP contribution in [0.5, 0.6) is 11.5 Å². The van der Waals surface area contributed by atoms with Gasteiger partial charge in [0, 0.05) is 13.5 Å². The van der Waals surface area contributed by atoms with Gasteiger partial charge in [0.25, 0.3) is 0 Å². The Kier molecular flexibility index (Phi) is 5.44. The SMILES string of the molecule is CC(CN)CCC(=O)N(C)CC1COc2ccccc2O1. The van der Waals surface area contributed by atoms with E-state index in [1.54, 1.807) is 11.9 Å². The standard InChI is InChI=1S/C16H24N2O3/c1-12(9-17)7-8-16(19)18(2)10-13-11-20-14-5-3-4-6-15(14)21-13/h3-6,12-13H,7-11,17H2,1-2H3. The summed E-state index contributed by atoms with van der Waals surface area (Å²) in [7, 11) is 1.80. The molecule has 5 nitrogen and oxygen atoms in total. The van der Waals surface area contributed by atoms with Crippen LogP contribution in [-0.4, -0.2) is 43.7 Å². The molecule has 0 radical (unpaired) electrons. The van der Waals surface area contributed by atoms with Crippen molar-refractivity contribution >= 4 is 5.91 Å². The first-order valence-electron chi connectivity index (χ1n) is 7.42. The summed E-state index contributed by atoms with van der Waals surface area (Å²) in [6.45, 7) is 3.67. The summed E-state index contributed by atoms with van der Waals surface area (Å²) in [5.41, 5.74) is 5.57. The monoisotopic (exact) mass is 292 g/mol. The number of rotatable bonds is 6. The van der Waals surface area contributed by atoms with Gasteiger partial charge in [-0.05, 0) is 31.0 Å². The first kappa shape index (κ1) is 15.6. The van der Waals surface area contributed by atoms with E-state index >= 15 is 0 Å². The molecule has 2 N–H and O–H groups in total. The predicted octanol–water partition coefficient (Wildman–Crippen LogP) is 1.66. The minimum Gasteiger partial charge on any atom is -0.486 e. The van der Waals surface area contributed by atoms with E-state index in [2.05, 4.69) is 6.92 Å². The van der Waals surface area contributed by atoms with Crippen LogP contribution < -0.4 is 15.2 Å². The maximum atomic E-state index is 12.1. The van der Waals surface area contributed by atoms with Crippen molar-refractivity contribution in [1.29, 1.82) is 0 Å². The molecule has 1 aliphatic rings. The predicted molar refractivity (Wildman–Crippen MR) is 81.4 cm³/mol. The molecule has 1 aromatic carbocycles. The van der Waals surface area contributed by atoms with Crippen molar-refractivity contribution in [2.45, 2.75) is 25.9 Å². The van der Waals surface area contributed by atoms with Gasteiger partial charge in [0.15, 0.2) is 17.6 Å². The maximum Gasteiger partial charge on any atom is 0.222 e. The van der Waals surface area contributed by atoms with Gasteiger partial charge in [-0.25, -0.2) is 0 Å². The summed E-state index contributed by atoms with van der Waals surface area (Å²) in [5.74, 6) is 2.01. The van der Waals surface area contributed by atoms with Gasteiger partial charge < -0.3 is 20.1 Å². The highest BCUT2D eigenvalue weighted by molar-refractivity contribution is 5.75. The number of fused-ring (bicyclic) bond motifs is 1. The number of hydrogen-bond acceptors (Lipinski definition) is 4. The van der Waals surface area contributed by atoms with E-state index in [-0.39, 0.29) is 12.0 Å². The Morgan fingerprint density at radius 1 is 1.43 bits per heavy atom. The number of amides is 1. The zero-order chi connectivity index (χ0) is 15.2. The van der Waals surface area contributed by atoms with Gasteiger partial charge in [-0.3, -0.25) is 4.79 Å². The van der Waals surface area contributed by atoms with E-state index in [9.17, 15) is 4.79 Å². The number of ether oxygens (including phenoxy) is 2. The second kappa shape index (κ2) is 7.31. The fourth-order valence-corrected chi connectivity index (χ4v) is 2.24.